The van der Waals surface area contributed by atoms with Gasteiger partial charge in [0.25, 0.3) is 6.01 Å². The fourth-order valence-electron chi connectivity index (χ4n) is 1.57. The maximum absolute atomic E-state index is 5.77. The van der Waals surface area contributed by atoms with Gasteiger partial charge >= 0.3 is 0 Å². The average molecular weight is 225 g/mol. The quantitative estimate of drug-likeness (QED) is 0.816. The summed E-state index contributed by atoms with van der Waals surface area (Å²) < 4.78 is 5.19. The van der Waals surface area contributed by atoms with Gasteiger partial charge in [0, 0.05) is 5.88 Å². The van der Waals surface area contributed by atoms with Crippen molar-refractivity contribution < 1.29 is 4.42 Å². The average Bonchev–Trinajstić information content (AvgIpc) is 2.57. The van der Waals surface area contributed by atoms with Crippen molar-refractivity contribution in [1.82, 2.24) is 4.98 Å². The van der Waals surface area contributed by atoms with Crippen LogP contribution in [-0.4, -0.2) is 10.9 Å². The fourth-order valence-corrected chi connectivity index (χ4v) is 1.68. The highest BCUT2D eigenvalue weighted by Crippen LogP contribution is 2.20. The minimum Gasteiger partial charge on any atom is -0.424 e. The molecule has 80 valence electrons. The van der Waals surface area contributed by atoms with Crippen molar-refractivity contribution in [3.05, 3.63) is 23.8 Å². The molecule has 15 heavy (non-hydrogen) atoms. The van der Waals surface area contributed by atoms with Gasteiger partial charge in [-0.25, -0.2) is 0 Å². The Labute approximate surface area is 93.2 Å². The van der Waals surface area contributed by atoms with Gasteiger partial charge in [-0.15, -0.1) is 11.6 Å². The number of nitrogens with two attached hydrogens (primary N) is 1. The van der Waals surface area contributed by atoms with Crippen LogP contribution in [0.1, 0.15) is 12.5 Å². The molecule has 2 N–H and O–H groups in total. The topological polar surface area (TPSA) is 52.0 Å². The second kappa shape index (κ2) is 4.11. The van der Waals surface area contributed by atoms with Crippen LogP contribution in [0.25, 0.3) is 11.1 Å². The molecule has 0 saturated heterocycles. The number of hydrogen-bond donors (Lipinski definition) is 1. The van der Waals surface area contributed by atoms with Crippen LogP contribution < -0.4 is 5.73 Å². The first-order valence-electron chi connectivity index (χ1n) is 4.90. The Hall–Kier alpha value is -1.22. The van der Waals surface area contributed by atoms with Crippen molar-refractivity contribution in [2.24, 2.45) is 5.92 Å². The molecule has 1 aromatic heterocycles. The molecule has 0 amide bonds. The third-order valence-corrected chi connectivity index (χ3v) is 2.84. The molecule has 2 aromatic rings. The molecule has 0 aliphatic heterocycles. The lowest BCUT2D eigenvalue weighted by Gasteiger charge is -2.06. The number of benzene rings is 1. The van der Waals surface area contributed by atoms with E-state index in [2.05, 4.69) is 11.9 Å². The third kappa shape index (κ3) is 2.23. The summed E-state index contributed by atoms with van der Waals surface area (Å²) in [5, 5.41) is 0. The Morgan fingerprint density at radius 1 is 1.53 bits per heavy atom. The molecule has 0 radical (unpaired) electrons. The smallest absolute Gasteiger partial charge is 0.292 e. The van der Waals surface area contributed by atoms with Crippen molar-refractivity contribution >= 4 is 28.7 Å². The van der Waals surface area contributed by atoms with Crippen LogP contribution in [0.15, 0.2) is 22.6 Å². The van der Waals surface area contributed by atoms with Crippen molar-refractivity contribution in [2.45, 2.75) is 13.3 Å². The largest absolute Gasteiger partial charge is 0.424 e. The van der Waals surface area contributed by atoms with E-state index in [1.54, 1.807) is 0 Å². The summed E-state index contributed by atoms with van der Waals surface area (Å²) in [7, 11) is 0. The molecule has 0 bridgehead atoms. The maximum atomic E-state index is 5.77. The summed E-state index contributed by atoms with van der Waals surface area (Å²) in [6, 6.07) is 6.14. The number of oxazole rings is 1. The summed E-state index contributed by atoms with van der Waals surface area (Å²) >= 11 is 5.77. The van der Waals surface area contributed by atoms with Gasteiger partial charge in [0.15, 0.2) is 5.58 Å². The first-order valence-corrected chi connectivity index (χ1v) is 5.43. The third-order valence-electron chi connectivity index (χ3n) is 2.32. The maximum Gasteiger partial charge on any atom is 0.292 e. The lowest BCUT2D eigenvalue weighted by molar-refractivity contribution is 0.625. The zero-order chi connectivity index (χ0) is 10.8. The fraction of sp³-hybridized carbons (Fsp3) is 0.364. The molecule has 2 rings (SSSR count). The predicted octanol–water partition coefficient (Wildman–Crippen LogP) is 2.83. The molecule has 1 atom stereocenters. The van der Waals surface area contributed by atoms with Crippen LogP contribution in [0.3, 0.4) is 0 Å². The van der Waals surface area contributed by atoms with Gasteiger partial charge in [0.2, 0.25) is 0 Å². The van der Waals surface area contributed by atoms with E-state index >= 15 is 0 Å². The second-order valence-electron chi connectivity index (χ2n) is 3.82. The van der Waals surface area contributed by atoms with Crippen LogP contribution in [0.4, 0.5) is 6.01 Å². The Morgan fingerprint density at radius 2 is 2.33 bits per heavy atom. The van der Waals surface area contributed by atoms with Gasteiger partial charge in [0.1, 0.15) is 5.52 Å². The standard InChI is InChI=1S/C11H13ClN2O/c1-7(6-12)4-8-2-3-10-9(5-8)14-11(13)15-10/h2-3,5,7H,4,6H2,1H3,(H2,13,14)/t7-/m0/s1. The SMILES string of the molecule is C[C@H](CCl)Cc1ccc2oc(N)nc2c1. The highest BCUT2D eigenvalue weighted by molar-refractivity contribution is 6.18. The van der Waals surface area contributed by atoms with E-state index in [9.17, 15) is 0 Å². The number of fused-ring (bicyclic) bond motifs is 1. The van der Waals surface area contributed by atoms with E-state index in [4.69, 9.17) is 21.8 Å². The minimum atomic E-state index is 0.215. The number of alkyl halides is 1. The number of nitrogen functional groups attached to an aromatic ring is 1. The lowest BCUT2D eigenvalue weighted by atomic mass is 10.0. The highest BCUT2D eigenvalue weighted by atomic mass is 35.5. The minimum absolute atomic E-state index is 0.215. The van der Waals surface area contributed by atoms with Crippen LogP contribution in [-0.2, 0) is 6.42 Å². The van der Waals surface area contributed by atoms with Crippen molar-refractivity contribution in [3.8, 4) is 0 Å². The van der Waals surface area contributed by atoms with E-state index in [1.807, 2.05) is 18.2 Å². The Balaban J connectivity index is 2.30. The molecule has 4 heteroatoms. The normalized spacial score (nSPS) is 13.2. The molecule has 0 fully saturated rings. The van der Waals surface area contributed by atoms with Gasteiger partial charge in [0.05, 0.1) is 0 Å². The number of nitrogens with zero attached hydrogens (tertiary/aromatic N) is 1. The summed E-state index contributed by atoms with van der Waals surface area (Å²) in [6.45, 7) is 2.12. The zero-order valence-electron chi connectivity index (χ0n) is 8.53. The molecule has 0 spiro atoms. The number of anilines is 1. The highest BCUT2D eigenvalue weighted by Gasteiger charge is 2.06. The van der Waals surface area contributed by atoms with Gasteiger partial charge in [-0.05, 0) is 30.0 Å². The summed E-state index contributed by atoms with van der Waals surface area (Å²) in [6.07, 6.45) is 0.951. The number of halogens is 1. The lowest BCUT2D eigenvalue weighted by Crippen LogP contribution is -2.00. The number of aromatic nitrogens is 1. The molecular weight excluding hydrogens is 212 g/mol. The van der Waals surface area contributed by atoms with Crippen LogP contribution >= 0.6 is 11.6 Å². The van der Waals surface area contributed by atoms with E-state index in [1.165, 1.54) is 5.56 Å². The molecule has 0 saturated carbocycles. The molecule has 0 aliphatic carbocycles. The predicted molar refractivity (Wildman–Crippen MR) is 62.0 cm³/mol. The van der Waals surface area contributed by atoms with E-state index in [0.717, 1.165) is 17.5 Å². The Kier molecular flexibility index (Phi) is 2.82. The first kappa shape index (κ1) is 10.3. The van der Waals surface area contributed by atoms with Crippen LogP contribution in [0.2, 0.25) is 0 Å². The van der Waals surface area contributed by atoms with Crippen LogP contribution in [0, 0.1) is 5.92 Å². The van der Waals surface area contributed by atoms with Gasteiger partial charge in [-0.1, -0.05) is 13.0 Å². The monoisotopic (exact) mass is 224 g/mol. The number of rotatable bonds is 3. The number of hydrogen-bond acceptors (Lipinski definition) is 3. The van der Waals surface area contributed by atoms with E-state index in [0.29, 0.717) is 11.8 Å². The Morgan fingerprint density at radius 3 is 3.07 bits per heavy atom. The van der Waals surface area contributed by atoms with Crippen molar-refractivity contribution in [3.63, 3.8) is 0 Å². The van der Waals surface area contributed by atoms with Gasteiger partial charge in [-0.3, -0.25) is 0 Å². The summed E-state index contributed by atoms with van der Waals surface area (Å²) in [4.78, 5) is 4.09. The van der Waals surface area contributed by atoms with Gasteiger partial charge < -0.3 is 10.2 Å². The molecular formula is C11H13ClN2O. The molecule has 0 aliphatic rings. The zero-order valence-corrected chi connectivity index (χ0v) is 9.29. The molecule has 3 nitrogen and oxygen atoms in total. The summed E-state index contributed by atoms with van der Waals surface area (Å²) in [5.74, 6) is 1.13. The van der Waals surface area contributed by atoms with Crippen molar-refractivity contribution in [1.29, 1.82) is 0 Å². The summed E-state index contributed by atoms with van der Waals surface area (Å²) in [5.41, 5.74) is 8.22. The van der Waals surface area contributed by atoms with Crippen LogP contribution in [0.5, 0.6) is 0 Å². The van der Waals surface area contributed by atoms with E-state index < -0.39 is 0 Å². The molecule has 1 heterocycles. The molecule has 0 unspecified atom stereocenters. The Bertz CT molecular complexity index is 467. The van der Waals surface area contributed by atoms with E-state index in [-0.39, 0.29) is 6.01 Å². The second-order valence-corrected chi connectivity index (χ2v) is 4.13. The van der Waals surface area contributed by atoms with Crippen molar-refractivity contribution in [2.75, 3.05) is 11.6 Å². The first-order chi connectivity index (χ1) is 7.19. The molecule has 1 aromatic carbocycles. The van der Waals surface area contributed by atoms with Gasteiger partial charge in [-0.2, -0.15) is 4.98 Å².